The van der Waals surface area contributed by atoms with Crippen LogP contribution in [-0.4, -0.2) is 15.0 Å². The van der Waals surface area contributed by atoms with Crippen LogP contribution >= 0.6 is 0 Å². The van der Waals surface area contributed by atoms with Gasteiger partial charge in [-0.3, -0.25) is 4.98 Å². The maximum Gasteiger partial charge on any atom is 0.135 e. The largest absolute Gasteiger partial charge is 0.457 e. The van der Waals surface area contributed by atoms with Crippen molar-refractivity contribution in [2.24, 2.45) is 0 Å². The van der Waals surface area contributed by atoms with E-state index in [2.05, 4.69) is 25.6 Å². The van der Waals surface area contributed by atoms with Gasteiger partial charge in [0.05, 0.1) is 12.2 Å². The molecule has 0 atom stereocenters. The van der Waals surface area contributed by atoms with Crippen molar-refractivity contribution >= 4 is 17.3 Å². The first kappa shape index (κ1) is 17.5. The Morgan fingerprint density at radius 3 is 2.25 bits per heavy atom. The number of benzene rings is 2. The van der Waals surface area contributed by atoms with E-state index in [1.807, 2.05) is 78.9 Å². The molecule has 4 rings (SSSR count). The smallest absolute Gasteiger partial charge is 0.135 e. The van der Waals surface area contributed by atoms with Gasteiger partial charge in [0.25, 0.3) is 0 Å². The first-order valence-corrected chi connectivity index (χ1v) is 8.91. The van der Waals surface area contributed by atoms with Gasteiger partial charge in [-0.05, 0) is 48.5 Å². The van der Waals surface area contributed by atoms with E-state index in [-0.39, 0.29) is 0 Å². The summed E-state index contributed by atoms with van der Waals surface area (Å²) in [7, 11) is 0. The number of aromatic nitrogens is 3. The number of hydrogen-bond acceptors (Lipinski definition) is 6. The Hall–Kier alpha value is -3.93. The van der Waals surface area contributed by atoms with Crippen LogP contribution in [0.2, 0.25) is 0 Å². The van der Waals surface area contributed by atoms with Gasteiger partial charge in [-0.1, -0.05) is 24.3 Å². The molecule has 0 fully saturated rings. The molecule has 0 spiro atoms. The summed E-state index contributed by atoms with van der Waals surface area (Å²) in [6.07, 6.45) is 3.30. The molecule has 0 amide bonds. The Balaban J connectivity index is 1.37. The van der Waals surface area contributed by atoms with Crippen LogP contribution in [0.4, 0.5) is 17.3 Å². The zero-order chi connectivity index (χ0) is 19.0. The number of rotatable bonds is 7. The molecular formula is C22H19N5O. The molecule has 2 N–H and O–H groups in total. The van der Waals surface area contributed by atoms with Crippen LogP contribution in [0.5, 0.6) is 11.5 Å². The van der Waals surface area contributed by atoms with E-state index in [9.17, 15) is 0 Å². The fourth-order valence-corrected chi connectivity index (χ4v) is 2.58. The van der Waals surface area contributed by atoms with Crippen LogP contribution in [0.1, 0.15) is 5.69 Å². The van der Waals surface area contributed by atoms with Gasteiger partial charge in [-0.15, -0.1) is 0 Å². The molecule has 0 saturated carbocycles. The lowest BCUT2D eigenvalue weighted by Crippen LogP contribution is -2.04. The fourth-order valence-electron chi connectivity index (χ4n) is 2.58. The summed E-state index contributed by atoms with van der Waals surface area (Å²) in [6.45, 7) is 0.600. The van der Waals surface area contributed by atoms with E-state index >= 15 is 0 Å². The number of para-hydroxylation sites is 1. The zero-order valence-electron chi connectivity index (χ0n) is 15.1. The molecule has 6 nitrogen and oxygen atoms in total. The van der Waals surface area contributed by atoms with Gasteiger partial charge in [-0.25, -0.2) is 9.97 Å². The molecule has 6 heteroatoms. The Morgan fingerprint density at radius 1 is 0.714 bits per heavy atom. The van der Waals surface area contributed by atoms with E-state index in [1.54, 1.807) is 6.20 Å². The summed E-state index contributed by atoms with van der Waals surface area (Å²) in [5.41, 5.74) is 1.86. The second-order valence-electron chi connectivity index (χ2n) is 6.03. The predicted molar refractivity (Wildman–Crippen MR) is 110 cm³/mol. The molecule has 138 valence electrons. The second kappa shape index (κ2) is 8.64. The van der Waals surface area contributed by atoms with Crippen molar-refractivity contribution in [3.63, 3.8) is 0 Å². The molecule has 0 aliphatic heterocycles. The summed E-state index contributed by atoms with van der Waals surface area (Å²) in [5, 5.41) is 6.52. The third kappa shape index (κ3) is 4.82. The van der Waals surface area contributed by atoms with Crippen molar-refractivity contribution < 1.29 is 4.74 Å². The Labute approximate surface area is 163 Å². The molecule has 0 aliphatic carbocycles. The highest BCUT2D eigenvalue weighted by atomic mass is 16.5. The number of ether oxygens (including phenoxy) is 1. The zero-order valence-corrected chi connectivity index (χ0v) is 15.1. The minimum atomic E-state index is 0.600. The van der Waals surface area contributed by atoms with Gasteiger partial charge in [0, 0.05) is 18.0 Å². The molecular weight excluding hydrogens is 350 g/mol. The number of anilines is 3. The minimum Gasteiger partial charge on any atom is -0.457 e. The van der Waals surface area contributed by atoms with Crippen LogP contribution in [0.25, 0.3) is 0 Å². The first-order valence-electron chi connectivity index (χ1n) is 8.91. The van der Waals surface area contributed by atoms with Crippen LogP contribution in [-0.2, 0) is 6.54 Å². The molecule has 0 radical (unpaired) electrons. The fraction of sp³-hybridized carbons (Fsp3) is 0.0455. The molecule has 4 aromatic rings. The quantitative estimate of drug-likeness (QED) is 0.477. The second-order valence-corrected chi connectivity index (χ2v) is 6.03. The SMILES string of the molecule is c1ccc(Oc2ccc(Nc3cc(NCc4ccccn4)ncn3)cc2)cc1. The lowest BCUT2D eigenvalue weighted by molar-refractivity contribution is 0.483. The number of nitrogens with one attached hydrogen (secondary N) is 2. The van der Waals surface area contributed by atoms with Crippen molar-refractivity contribution in [2.45, 2.75) is 6.54 Å². The Morgan fingerprint density at radius 2 is 1.46 bits per heavy atom. The van der Waals surface area contributed by atoms with Crippen molar-refractivity contribution in [2.75, 3.05) is 10.6 Å². The number of hydrogen-bond donors (Lipinski definition) is 2. The monoisotopic (exact) mass is 369 g/mol. The Bertz CT molecular complexity index is 1010. The van der Waals surface area contributed by atoms with Gasteiger partial charge in [0.1, 0.15) is 29.5 Å². The lowest BCUT2D eigenvalue weighted by atomic mass is 10.3. The summed E-state index contributed by atoms with van der Waals surface area (Å²) >= 11 is 0. The van der Waals surface area contributed by atoms with E-state index in [1.165, 1.54) is 6.33 Å². The summed E-state index contributed by atoms with van der Waals surface area (Å²) in [4.78, 5) is 12.8. The molecule has 0 bridgehead atoms. The van der Waals surface area contributed by atoms with Gasteiger partial charge in [-0.2, -0.15) is 0 Å². The standard InChI is InChI=1S/C22H19N5O/c1-2-7-19(8-3-1)28-20-11-9-17(10-12-20)27-22-14-21(25-16-26-22)24-15-18-6-4-5-13-23-18/h1-14,16H,15H2,(H2,24,25,26,27). The van der Waals surface area contributed by atoms with Gasteiger partial charge >= 0.3 is 0 Å². The predicted octanol–water partition coefficient (Wildman–Crippen LogP) is 5.02. The third-order valence-corrected chi connectivity index (χ3v) is 3.95. The molecule has 2 heterocycles. The molecule has 0 saturated heterocycles. The molecule has 28 heavy (non-hydrogen) atoms. The average Bonchev–Trinajstić information content (AvgIpc) is 2.76. The van der Waals surface area contributed by atoms with Gasteiger partial charge < -0.3 is 15.4 Å². The molecule has 0 unspecified atom stereocenters. The highest BCUT2D eigenvalue weighted by molar-refractivity contribution is 5.59. The van der Waals surface area contributed by atoms with E-state index in [0.717, 1.165) is 28.7 Å². The Kier molecular flexibility index (Phi) is 5.39. The molecule has 2 aromatic carbocycles. The summed E-state index contributed by atoms with van der Waals surface area (Å²) in [5.74, 6) is 3.02. The van der Waals surface area contributed by atoms with Gasteiger partial charge in [0.2, 0.25) is 0 Å². The first-order chi connectivity index (χ1) is 13.8. The van der Waals surface area contributed by atoms with Crippen LogP contribution < -0.4 is 15.4 Å². The third-order valence-electron chi connectivity index (χ3n) is 3.95. The maximum absolute atomic E-state index is 5.81. The highest BCUT2D eigenvalue weighted by Crippen LogP contribution is 2.24. The topological polar surface area (TPSA) is 72.0 Å². The summed E-state index contributed by atoms with van der Waals surface area (Å²) in [6, 6.07) is 25.1. The number of pyridine rings is 1. The maximum atomic E-state index is 5.81. The van der Waals surface area contributed by atoms with E-state index < -0.39 is 0 Å². The minimum absolute atomic E-state index is 0.600. The van der Waals surface area contributed by atoms with Crippen LogP contribution in [0.15, 0.2) is 91.4 Å². The van der Waals surface area contributed by atoms with Crippen molar-refractivity contribution in [1.29, 1.82) is 0 Å². The van der Waals surface area contributed by atoms with E-state index in [4.69, 9.17) is 4.74 Å². The van der Waals surface area contributed by atoms with Crippen LogP contribution in [0.3, 0.4) is 0 Å². The lowest BCUT2D eigenvalue weighted by Gasteiger charge is -2.10. The van der Waals surface area contributed by atoms with Crippen molar-refractivity contribution in [3.05, 3.63) is 97.1 Å². The summed E-state index contributed by atoms with van der Waals surface area (Å²) < 4.78 is 5.81. The van der Waals surface area contributed by atoms with E-state index in [0.29, 0.717) is 12.4 Å². The molecule has 0 aliphatic rings. The van der Waals surface area contributed by atoms with Crippen LogP contribution in [0, 0.1) is 0 Å². The van der Waals surface area contributed by atoms with Crippen molar-refractivity contribution in [3.8, 4) is 11.5 Å². The van der Waals surface area contributed by atoms with Gasteiger partial charge in [0.15, 0.2) is 0 Å². The van der Waals surface area contributed by atoms with Crippen molar-refractivity contribution in [1.82, 2.24) is 15.0 Å². The average molecular weight is 369 g/mol. The molecule has 2 aromatic heterocycles. The highest BCUT2D eigenvalue weighted by Gasteiger charge is 2.02. The number of nitrogens with zero attached hydrogens (tertiary/aromatic N) is 3. The normalized spacial score (nSPS) is 10.3.